The van der Waals surface area contributed by atoms with E-state index in [1.807, 2.05) is 12.1 Å². The fourth-order valence-corrected chi connectivity index (χ4v) is 5.44. The van der Waals surface area contributed by atoms with Crippen LogP contribution in [0.4, 0.5) is 0 Å². The summed E-state index contributed by atoms with van der Waals surface area (Å²) >= 11 is 0. The van der Waals surface area contributed by atoms with Crippen LogP contribution in [0.3, 0.4) is 0 Å². The lowest BCUT2D eigenvalue weighted by molar-refractivity contribution is -0.148. The van der Waals surface area contributed by atoms with Gasteiger partial charge in [0, 0.05) is 25.6 Å². The highest BCUT2D eigenvalue weighted by molar-refractivity contribution is 5.98. The Morgan fingerprint density at radius 1 is 1.21 bits per heavy atom. The monoisotopic (exact) mass is 385 g/mol. The van der Waals surface area contributed by atoms with Crippen LogP contribution in [-0.4, -0.2) is 61.6 Å². The number of hydrogen-bond donors (Lipinski definition) is 2. The van der Waals surface area contributed by atoms with Gasteiger partial charge < -0.3 is 25.0 Å². The van der Waals surface area contributed by atoms with Crippen molar-refractivity contribution in [3.8, 4) is 11.5 Å². The highest BCUT2D eigenvalue weighted by Gasteiger charge is 2.47. The minimum absolute atomic E-state index is 0.0579. The summed E-state index contributed by atoms with van der Waals surface area (Å²) in [5.41, 5.74) is 0.495. The van der Waals surface area contributed by atoms with Crippen LogP contribution in [0.25, 0.3) is 0 Å². The number of benzene rings is 1. The molecule has 0 aliphatic carbocycles. The van der Waals surface area contributed by atoms with E-state index in [2.05, 4.69) is 15.5 Å². The van der Waals surface area contributed by atoms with Crippen LogP contribution in [0.2, 0.25) is 0 Å². The SMILES string of the molecule is O=C(NC[C@H]1[C@@H]2CNC[C@@H](C2)[C@@H]2CCCC(=O)N21)c1cccc2c1OCCO2. The van der Waals surface area contributed by atoms with Gasteiger partial charge in [0.05, 0.1) is 11.6 Å². The molecule has 3 saturated heterocycles. The summed E-state index contributed by atoms with van der Waals surface area (Å²) in [6.07, 6.45) is 3.82. The van der Waals surface area contributed by atoms with Crippen LogP contribution in [0.5, 0.6) is 11.5 Å². The highest BCUT2D eigenvalue weighted by atomic mass is 16.6. The lowest BCUT2D eigenvalue weighted by atomic mass is 9.72. The zero-order valence-corrected chi connectivity index (χ0v) is 16.0. The van der Waals surface area contributed by atoms with Gasteiger partial charge in [-0.1, -0.05) is 6.07 Å². The molecule has 1 aromatic carbocycles. The standard InChI is InChI=1S/C21H27N3O4/c25-19-6-2-4-16-13-9-14(11-22-10-13)17(24(16)19)12-23-21(26)15-3-1-5-18-20(15)28-8-7-27-18/h1,3,5,13-14,16-17,22H,2,4,6-12H2,(H,23,26)/t13-,14+,16+,17+/m1/s1. The van der Waals surface area contributed by atoms with Gasteiger partial charge in [0.2, 0.25) is 5.91 Å². The van der Waals surface area contributed by atoms with E-state index in [4.69, 9.17) is 9.47 Å². The summed E-state index contributed by atoms with van der Waals surface area (Å²) in [4.78, 5) is 27.8. The third-order valence-electron chi connectivity index (χ3n) is 6.68. The van der Waals surface area contributed by atoms with Crippen molar-refractivity contribution in [2.24, 2.45) is 11.8 Å². The van der Waals surface area contributed by atoms with Crippen molar-refractivity contribution in [2.75, 3.05) is 32.8 Å². The Hall–Kier alpha value is -2.28. The summed E-state index contributed by atoms with van der Waals surface area (Å²) in [5, 5.41) is 6.62. The third-order valence-corrected chi connectivity index (χ3v) is 6.68. The molecule has 5 rings (SSSR count). The van der Waals surface area contributed by atoms with Crippen molar-refractivity contribution in [1.82, 2.24) is 15.5 Å². The van der Waals surface area contributed by atoms with Crippen LogP contribution in [-0.2, 0) is 4.79 Å². The van der Waals surface area contributed by atoms with Gasteiger partial charge in [0.25, 0.3) is 5.91 Å². The van der Waals surface area contributed by atoms with E-state index in [9.17, 15) is 9.59 Å². The van der Waals surface area contributed by atoms with Gasteiger partial charge in [-0.05, 0) is 49.8 Å². The van der Waals surface area contributed by atoms with E-state index in [0.29, 0.717) is 61.1 Å². The molecule has 150 valence electrons. The second kappa shape index (κ2) is 7.28. The molecule has 3 fully saturated rings. The molecular weight excluding hydrogens is 358 g/mol. The number of ether oxygens (including phenoxy) is 2. The molecule has 4 aliphatic rings. The van der Waals surface area contributed by atoms with E-state index in [1.54, 1.807) is 6.07 Å². The fourth-order valence-electron chi connectivity index (χ4n) is 5.44. The number of carbonyl (C=O) groups is 2. The average Bonchev–Trinajstić information content (AvgIpc) is 2.74. The summed E-state index contributed by atoms with van der Waals surface area (Å²) in [6, 6.07) is 5.76. The fraction of sp³-hybridized carbons (Fsp3) is 0.619. The van der Waals surface area contributed by atoms with E-state index >= 15 is 0 Å². The quantitative estimate of drug-likeness (QED) is 0.817. The van der Waals surface area contributed by atoms with Crippen LogP contribution in [0, 0.1) is 11.8 Å². The molecule has 1 aromatic rings. The van der Waals surface area contributed by atoms with E-state index in [-0.39, 0.29) is 17.9 Å². The Kier molecular flexibility index (Phi) is 4.62. The number of amides is 2. The first-order valence-electron chi connectivity index (χ1n) is 10.4. The van der Waals surface area contributed by atoms with Crippen molar-refractivity contribution in [2.45, 2.75) is 37.8 Å². The van der Waals surface area contributed by atoms with E-state index in [0.717, 1.165) is 32.4 Å². The molecule has 2 amide bonds. The summed E-state index contributed by atoms with van der Waals surface area (Å²) in [5.74, 6) is 2.14. The number of para-hydroxylation sites is 1. The van der Waals surface area contributed by atoms with E-state index < -0.39 is 0 Å². The van der Waals surface area contributed by atoms with Gasteiger partial charge in [-0.3, -0.25) is 9.59 Å². The molecule has 2 N–H and O–H groups in total. The summed E-state index contributed by atoms with van der Waals surface area (Å²) in [6.45, 7) is 3.32. The van der Waals surface area contributed by atoms with Gasteiger partial charge in [-0.2, -0.15) is 0 Å². The number of piperidine rings is 3. The Morgan fingerprint density at radius 3 is 3.00 bits per heavy atom. The number of rotatable bonds is 3. The maximum atomic E-state index is 12.9. The first-order valence-corrected chi connectivity index (χ1v) is 10.4. The first-order chi connectivity index (χ1) is 13.7. The molecule has 0 radical (unpaired) electrons. The number of carbonyl (C=O) groups excluding carboxylic acids is 2. The van der Waals surface area contributed by atoms with Crippen molar-refractivity contribution < 1.29 is 19.1 Å². The molecule has 4 aliphatic heterocycles. The first kappa shape index (κ1) is 17.8. The molecule has 0 spiro atoms. The van der Waals surface area contributed by atoms with Crippen LogP contribution < -0.4 is 20.1 Å². The number of hydrogen-bond acceptors (Lipinski definition) is 5. The van der Waals surface area contributed by atoms with Gasteiger partial charge >= 0.3 is 0 Å². The Morgan fingerprint density at radius 2 is 2.07 bits per heavy atom. The third kappa shape index (κ3) is 3.02. The Balaban J connectivity index is 1.34. The molecule has 4 atom stereocenters. The van der Waals surface area contributed by atoms with Crippen molar-refractivity contribution >= 4 is 11.8 Å². The molecule has 0 saturated carbocycles. The highest BCUT2D eigenvalue weighted by Crippen LogP contribution is 2.39. The Labute approximate surface area is 164 Å². The normalized spacial score (nSPS) is 31.1. The number of fused-ring (bicyclic) bond motifs is 5. The molecule has 28 heavy (non-hydrogen) atoms. The second-order valence-electron chi connectivity index (χ2n) is 8.28. The predicted molar refractivity (Wildman–Crippen MR) is 103 cm³/mol. The van der Waals surface area contributed by atoms with Gasteiger partial charge in [0.15, 0.2) is 11.5 Å². The Bertz CT molecular complexity index is 783. The zero-order valence-electron chi connectivity index (χ0n) is 16.0. The lowest BCUT2D eigenvalue weighted by Crippen LogP contribution is -2.66. The van der Waals surface area contributed by atoms with Gasteiger partial charge in [0.1, 0.15) is 13.2 Å². The van der Waals surface area contributed by atoms with E-state index in [1.165, 1.54) is 0 Å². The van der Waals surface area contributed by atoms with Crippen LogP contribution in [0.1, 0.15) is 36.0 Å². The average molecular weight is 385 g/mol. The molecule has 4 heterocycles. The van der Waals surface area contributed by atoms with Crippen molar-refractivity contribution in [3.05, 3.63) is 23.8 Å². The molecule has 0 aromatic heterocycles. The molecular formula is C21H27N3O4. The minimum atomic E-state index is -0.172. The topological polar surface area (TPSA) is 79.9 Å². The largest absolute Gasteiger partial charge is 0.486 e. The summed E-state index contributed by atoms with van der Waals surface area (Å²) in [7, 11) is 0. The predicted octanol–water partition coefficient (Wildman–Crippen LogP) is 1.18. The maximum absolute atomic E-state index is 12.9. The summed E-state index contributed by atoms with van der Waals surface area (Å²) < 4.78 is 11.3. The van der Waals surface area contributed by atoms with Crippen molar-refractivity contribution in [1.29, 1.82) is 0 Å². The molecule has 0 unspecified atom stereocenters. The van der Waals surface area contributed by atoms with Gasteiger partial charge in [-0.25, -0.2) is 0 Å². The number of nitrogens with one attached hydrogen (secondary N) is 2. The molecule has 7 nitrogen and oxygen atoms in total. The molecule has 7 heteroatoms. The van der Waals surface area contributed by atoms with Crippen LogP contribution in [0.15, 0.2) is 18.2 Å². The van der Waals surface area contributed by atoms with Crippen molar-refractivity contribution in [3.63, 3.8) is 0 Å². The maximum Gasteiger partial charge on any atom is 0.255 e. The lowest BCUT2D eigenvalue weighted by Gasteiger charge is -2.54. The second-order valence-corrected chi connectivity index (χ2v) is 8.28. The smallest absolute Gasteiger partial charge is 0.255 e. The van der Waals surface area contributed by atoms with Crippen LogP contribution >= 0.6 is 0 Å². The van der Waals surface area contributed by atoms with Gasteiger partial charge in [-0.15, -0.1) is 0 Å². The number of nitrogens with zero attached hydrogens (tertiary/aromatic N) is 1. The molecule has 2 bridgehead atoms. The zero-order chi connectivity index (χ0) is 19.1. The minimum Gasteiger partial charge on any atom is -0.486 e.